The van der Waals surface area contributed by atoms with Crippen LogP contribution in [-0.4, -0.2) is 26.8 Å². The average molecular weight is 452 g/mol. The van der Waals surface area contributed by atoms with Crippen molar-refractivity contribution in [2.75, 3.05) is 11.9 Å². The molecule has 0 aliphatic rings. The van der Waals surface area contributed by atoms with E-state index in [1.807, 2.05) is 13.0 Å². The number of nitrogens with zero attached hydrogens (tertiary/aromatic N) is 4. The molecule has 0 atom stereocenters. The molecule has 0 saturated heterocycles. The maximum absolute atomic E-state index is 13.2. The van der Waals surface area contributed by atoms with Crippen molar-refractivity contribution < 1.29 is 13.9 Å². The Morgan fingerprint density at radius 3 is 2.77 bits per heavy atom. The van der Waals surface area contributed by atoms with Gasteiger partial charge in [0.15, 0.2) is 11.5 Å². The molecule has 1 aromatic heterocycles. The molecule has 0 bridgehead atoms. The van der Waals surface area contributed by atoms with E-state index in [0.29, 0.717) is 47.7 Å². The minimum atomic E-state index is -0.409. The van der Waals surface area contributed by atoms with Crippen LogP contribution in [0, 0.1) is 5.82 Å². The van der Waals surface area contributed by atoms with E-state index in [4.69, 9.17) is 32.7 Å². The number of rotatable bonds is 10. The lowest BCUT2D eigenvalue weighted by molar-refractivity contribution is 0.269. The molecule has 0 amide bonds. The summed E-state index contributed by atoms with van der Waals surface area (Å²) in [5, 5.41) is 15.3. The smallest absolute Gasteiger partial charge is 0.243 e. The van der Waals surface area contributed by atoms with Crippen molar-refractivity contribution >= 4 is 29.2 Å². The first-order valence-electron chi connectivity index (χ1n) is 9.14. The number of benzene rings is 2. The number of ether oxygens (including phenoxy) is 2. The Morgan fingerprint density at radius 2 is 2.03 bits per heavy atom. The highest BCUT2D eigenvalue weighted by Crippen LogP contribution is 2.37. The summed E-state index contributed by atoms with van der Waals surface area (Å²) >= 11 is 12.5. The van der Waals surface area contributed by atoms with Crippen molar-refractivity contribution in [2.24, 2.45) is 0 Å². The fourth-order valence-electron chi connectivity index (χ4n) is 2.67. The third-order valence-electron chi connectivity index (χ3n) is 4.04. The largest absolute Gasteiger partial charge is 0.490 e. The number of tetrazole rings is 1. The molecule has 158 valence electrons. The molecule has 0 fully saturated rings. The van der Waals surface area contributed by atoms with E-state index < -0.39 is 5.82 Å². The number of hydrogen-bond donors (Lipinski definition) is 1. The van der Waals surface area contributed by atoms with Gasteiger partial charge in [0.25, 0.3) is 0 Å². The van der Waals surface area contributed by atoms with Crippen LogP contribution in [0.25, 0.3) is 0 Å². The molecule has 10 heteroatoms. The molecule has 1 N–H and O–H groups in total. The highest BCUT2D eigenvalue weighted by atomic mass is 35.5. The van der Waals surface area contributed by atoms with Gasteiger partial charge in [-0.3, -0.25) is 0 Å². The van der Waals surface area contributed by atoms with E-state index in [1.54, 1.807) is 22.9 Å². The fraction of sp³-hybridized carbons (Fsp3) is 0.250. The third-order valence-corrected chi connectivity index (χ3v) is 4.67. The van der Waals surface area contributed by atoms with Gasteiger partial charge in [0, 0.05) is 12.1 Å². The maximum atomic E-state index is 13.2. The molecule has 1 heterocycles. The predicted molar refractivity (Wildman–Crippen MR) is 114 cm³/mol. The molecule has 0 aliphatic heterocycles. The number of allylic oxidation sites excluding steroid dienone is 1. The fourth-order valence-corrected chi connectivity index (χ4v) is 3.18. The number of halogens is 3. The summed E-state index contributed by atoms with van der Waals surface area (Å²) in [7, 11) is 0. The summed E-state index contributed by atoms with van der Waals surface area (Å²) in [6.07, 6.45) is 1.70. The topological polar surface area (TPSA) is 74.1 Å². The van der Waals surface area contributed by atoms with Gasteiger partial charge in [0.05, 0.1) is 23.2 Å². The van der Waals surface area contributed by atoms with Crippen molar-refractivity contribution in [1.82, 2.24) is 20.2 Å². The van der Waals surface area contributed by atoms with Crippen LogP contribution in [0.2, 0.25) is 10.0 Å². The summed E-state index contributed by atoms with van der Waals surface area (Å²) < 4.78 is 26.4. The first-order chi connectivity index (χ1) is 14.5. The SMILES string of the molecule is C=CCn1nnnc1NCc1cc(Cl)c(OCc2ccc(F)cc2Cl)c(OCC)c1. The Kier molecular flexibility index (Phi) is 7.48. The van der Waals surface area contributed by atoms with Crippen LogP contribution in [0.4, 0.5) is 10.3 Å². The lowest BCUT2D eigenvalue weighted by Crippen LogP contribution is -2.09. The molecule has 7 nitrogen and oxygen atoms in total. The van der Waals surface area contributed by atoms with Crippen LogP contribution in [0.5, 0.6) is 11.5 Å². The highest BCUT2D eigenvalue weighted by molar-refractivity contribution is 6.32. The third kappa shape index (κ3) is 5.40. The molecule has 0 aliphatic carbocycles. The van der Waals surface area contributed by atoms with Gasteiger partial charge in [0.1, 0.15) is 12.4 Å². The molecule has 3 aromatic rings. The summed E-state index contributed by atoms with van der Waals surface area (Å²) in [5.74, 6) is 0.980. The maximum Gasteiger partial charge on any atom is 0.243 e. The van der Waals surface area contributed by atoms with E-state index in [0.717, 1.165) is 5.56 Å². The van der Waals surface area contributed by atoms with Crippen molar-refractivity contribution in [3.05, 3.63) is 70.0 Å². The van der Waals surface area contributed by atoms with Gasteiger partial charge in [-0.2, -0.15) is 0 Å². The number of nitrogens with one attached hydrogen (secondary N) is 1. The van der Waals surface area contributed by atoms with Crippen molar-refractivity contribution in [3.8, 4) is 11.5 Å². The van der Waals surface area contributed by atoms with Crippen LogP contribution < -0.4 is 14.8 Å². The molecule has 2 aromatic carbocycles. The second-order valence-electron chi connectivity index (χ2n) is 6.19. The minimum Gasteiger partial charge on any atom is -0.490 e. The summed E-state index contributed by atoms with van der Waals surface area (Å²) in [4.78, 5) is 0. The van der Waals surface area contributed by atoms with Crippen LogP contribution in [-0.2, 0) is 19.7 Å². The Hall–Kier alpha value is -2.84. The van der Waals surface area contributed by atoms with Gasteiger partial charge < -0.3 is 14.8 Å². The molecule has 0 spiro atoms. The van der Waals surface area contributed by atoms with Gasteiger partial charge >= 0.3 is 0 Å². The summed E-state index contributed by atoms with van der Waals surface area (Å²) in [6.45, 7) is 6.99. The Labute approximate surface area is 183 Å². The lowest BCUT2D eigenvalue weighted by atomic mass is 10.2. The predicted octanol–water partition coefficient (Wildman–Crippen LogP) is 4.89. The van der Waals surface area contributed by atoms with Crippen LogP contribution in [0.1, 0.15) is 18.1 Å². The van der Waals surface area contributed by atoms with E-state index in [9.17, 15) is 4.39 Å². The van der Waals surface area contributed by atoms with E-state index in [-0.39, 0.29) is 11.6 Å². The van der Waals surface area contributed by atoms with E-state index in [2.05, 4.69) is 27.4 Å². The zero-order chi connectivity index (χ0) is 21.5. The van der Waals surface area contributed by atoms with Crippen LogP contribution >= 0.6 is 23.2 Å². The molecular weight excluding hydrogens is 432 g/mol. The van der Waals surface area contributed by atoms with Gasteiger partial charge in [0.2, 0.25) is 5.95 Å². The molecule has 0 radical (unpaired) electrons. The van der Waals surface area contributed by atoms with Crippen molar-refractivity contribution in [1.29, 1.82) is 0 Å². The van der Waals surface area contributed by atoms with Crippen molar-refractivity contribution in [2.45, 2.75) is 26.6 Å². The Morgan fingerprint density at radius 1 is 1.20 bits per heavy atom. The second kappa shape index (κ2) is 10.3. The highest BCUT2D eigenvalue weighted by Gasteiger charge is 2.15. The Balaban J connectivity index is 1.76. The minimum absolute atomic E-state index is 0.118. The molecule has 3 rings (SSSR count). The molecule has 0 unspecified atom stereocenters. The Bertz CT molecular complexity index is 1030. The van der Waals surface area contributed by atoms with E-state index in [1.165, 1.54) is 12.1 Å². The van der Waals surface area contributed by atoms with Crippen molar-refractivity contribution in [3.63, 3.8) is 0 Å². The lowest BCUT2D eigenvalue weighted by Gasteiger charge is -2.16. The van der Waals surface area contributed by atoms with Gasteiger partial charge in [-0.15, -0.1) is 6.58 Å². The standard InChI is InChI=1S/C20H20Cl2FN5O2/c1-3-7-28-20(25-26-27-28)24-11-13-8-17(22)19(18(9-13)29-4-2)30-12-14-5-6-15(23)10-16(14)21/h3,5-6,8-10H,1,4,7,11-12H2,2H3,(H,24,25,27). The monoisotopic (exact) mass is 451 g/mol. The second-order valence-corrected chi connectivity index (χ2v) is 7.00. The van der Waals surface area contributed by atoms with E-state index >= 15 is 0 Å². The number of aromatic nitrogens is 4. The first kappa shape index (κ1) is 21.9. The molecule has 0 saturated carbocycles. The summed E-state index contributed by atoms with van der Waals surface area (Å²) in [6, 6.07) is 7.72. The first-order valence-corrected chi connectivity index (χ1v) is 9.90. The van der Waals surface area contributed by atoms with Gasteiger partial charge in [-0.1, -0.05) is 40.4 Å². The number of anilines is 1. The zero-order valence-electron chi connectivity index (χ0n) is 16.2. The average Bonchev–Trinajstić information content (AvgIpc) is 3.15. The summed E-state index contributed by atoms with van der Waals surface area (Å²) in [5.41, 5.74) is 1.49. The van der Waals surface area contributed by atoms with Crippen LogP contribution in [0.3, 0.4) is 0 Å². The molecular formula is C20H20Cl2FN5O2. The quantitative estimate of drug-likeness (QED) is 0.442. The zero-order valence-corrected chi connectivity index (χ0v) is 17.8. The molecule has 30 heavy (non-hydrogen) atoms. The normalized spacial score (nSPS) is 10.7. The van der Waals surface area contributed by atoms with Crippen LogP contribution in [0.15, 0.2) is 43.0 Å². The van der Waals surface area contributed by atoms with Gasteiger partial charge in [-0.05, 0) is 47.2 Å². The number of hydrogen-bond acceptors (Lipinski definition) is 6. The van der Waals surface area contributed by atoms with Gasteiger partial charge in [-0.25, -0.2) is 9.07 Å².